The third kappa shape index (κ3) is 11.7. The van der Waals surface area contributed by atoms with Crippen molar-refractivity contribution in [2.24, 2.45) is 10.8 Å². The molecule has 0 aromatic heterocycles. The summed E-state index contributed by atoms with van der Waals surface area (Å²) in [6.45, 7) is 9.65. The Morgan fingerprint density at radius 3 is 1.11 bits per heavy atom. The Morgan fingerprint density at radius 2 is 0.742 bits per heavy atom. The molecule has 2 aliphatic rings. The van der Waals surface area contributed by atoms with Gasteiger partial charge in [-0.25, -0.2) is 0 Å². The first-order valence-corrected chi connectivity index (χ1v) is 29.2. The number of hydrogen-bond donors (Lipinski definition) is 0. The molecule has 0 radical (unpaired) electrons. The fraction of sp³-hybridized carbons (Fsp3) is 0.345. The summed E-state index contributed by atoms with van der Waals surface area (Å²) in [5.74, 6) is 0. The second kappa shape index (κ2) is 22.1. The average Bonchev–Trinajstić information content (AvgIpc) is 3.70. The van der Waals surface area contributed by atoms with E-state index < -0.39 is 0 Å². The molecule has 10 rings (SSSR count). The second-order valence-corrected chi connectivity index (χ2v) is 28.6. The Labute approximate surface area is 400 Å². The van der Waals surface area contributed by atoms with Gasteiger partial charge in [-0.1, -0.05) is 173 Å². The largest absolute Gasteiger partial charge is 1.00 e. The van der Waals surface area contributed by atoms with Crippen molar-refractivity contribution in [3.8, 4) is 22.3 Å². The maximum absolute atomic E-state index is 2.52. The van der Waals surface area contributed by atoms with Gasteiger partial charge in [-0.2, -0.15) is 12.1 Å². The molecule has 0 atom stereocenters. The maximum atomic E-state index is 2.52. The van der Waals surface area contributed by atoms with Crippen molar-refractivity contribution in [1.82, 2.24) is 0 Å². The first kappa shape index (κ1) is 48.2. The third-order valence-corrected chi connectivity index (χ3v) is 13.7. The van der Waals surface area contributed by atoms with Crippen LogP contribution in [0.2, 0.25) is 13.1 Å². The van der Waals surface area contributed by atoms with E-state index in [9.17, 15) is 0 Å². The molecule has 0 nitrogen and oxygen atoms in total. The van der Waals surface area contributed by atoms with Crippen molar-refractivity contribution in [1.29, 1.82) is 0 Å². The summed E-state index contributed by atoms with van der Waals surface area (Å²) in [5.41, 5.74) is 9.63. The van der Waals surface area contributed by atoms with Gasteiger partial charge in [0, 0.05) is 0 Å². The molecule has 0 saturated heterocycles. The van der Waals surface area contributed by atoms with E-state index in [2.05, 4.69) is 173 Å². The molecule has 2 aliphatic carbocycles. The van der Waals surface area contributed by atoms with Gasteiger partial charge in [-0.15, -0.1) is 69.1 Å². The summed E-state index contributed by atoms with van der Waals surface area (Å²) in [5, 5.41) is 10.9. The van der Waals surface area contributed by atoms with Gasteiger partial charge in [0.25, 0.3) is 0 Å². The molecule has 0 aliphatic heterocycles. The van der Waals surface area contributed by atoms with Crippen LogP contribution in [0.25, 0.3) is 65.3 Å². The van der Waals surface area contributed by atoms with E-state index in [1.165, 1.54) is 166 Å². The zero-order valence-electron chi connectivity index (χ0n) is 37.5. The number of hydrogen-bond acceptors (Lipinski definition) is 0. The zero-order chi connectivity index (χ0) is 41.5. The second-order valence-electron chi connectivity index (χ2n) is 19.2. The molecule has 8 aromatic carbocycles. The molecular formula is C58H64Cl2SiZr-2. The first-order valence-electron chi connectivity index (χ1n) is 23.0. The molecule has 0 spiro atoms. The molecule has 0 unspecified atom stereocenters. The van der Waals surface area contributed by atoms with Gasteiger partial charge in [0.05, 0.1) is 0 Å². The molecule has 0 amide bonds. The third-order valence-electron chi connectivity index (χ3n) is 13.7. The van der Waals surface area contributed by atoms with Crippen LogP contribution in [0.15, 0.2) is 146 Å². The predicted octanol–water partition coefficient (Wildman–Crippen LogP) is 11.4. The minimum Gasteiger partial charge on any atom is -1.00 e. The molecule has 2 saturated carbocycles. The Balaban J connectivity index is 0.000000185. The molecule has 0 heterocycles. The molecular weight excluding hydrogens is 887 g/mol. The average molecular weight is 951 g/mol. The molecule has 0 N–H and O–H groups in total. The molecule has 62 heavy (non-hydrogen) atoms. The van der Waals surface area contributed by atoms with Crippen LogP contribution in [0, 0.1) is 10.8 Å². The van der Waals surface area contributed by atoms with Gasteiger partial charge in [0.15, 0.2) is 0 Å². The van der Waals surface area contributed by atoms with E-state index in [-0.39, 0.29) is 30.2 Å². The SMILES string of the molecule is CC1(Cc2cc3c(-c4cccc5ccccc45)cccc3[cH-]2)CCCCCC1.CC1(Cc2cc3c(-c4cccc5ccccc45)cccc3[cH-]2)CCCCCC1.C[Si](C)=[Zr+2].[Cl-].[Cl-]. The summed E-state index contributed by atoms with van der Waals surface area (Å²) in [4.78, 5) is 0. The van der Waals surface area contributed by atoms with E-state index in [4.69, 9.17) is 0 Å². The predicted molar refractivity (Wildman–Crippen MR) is 261 cm³/mol. The van der Waals surface area contributed by atoms with E-state index in [1.54, 1.807) is 23.3 Å². The fourth-order valence-electron chi connectivity index (χ4n) is 10.7. The zero-order valence-corrected chi connectivity index (χ0v) is 42.5. The van der Waals surface area contributed by atoms with Crippen molar-refractivity contribution in [3.05, 3.63) is 157 Å². The van der Waals surface area contributed by atoms with Crippen LogP contribution in [-0.4, -0.2) is 5.43 Å². The number of fused-ring (bicyclic) bond motifs is 4. The van der Waals surface area contributed by atoms with Crippen LogP contribution in [0.4, 0.5) is 0 Å². The normalized spacial score (nSPS) is 15.8. The Morgan fingerprint density at radius 1 is 0.435 bits per heavy atom. The van der Waals surface area contributed by atoms with Crippen LogP contribution in [0.3, 0.4) is 0 Å². The van der Waals surface area contributed by atoms with Gasteiger partial charge >= 0.3 is 41.9 Å². The Hall–Kier alpha value is -3.26. The minimum atomic E-state index is 0. The summed E-state index contributed by atoms with van der Waals surface area (Å²) < 4.78 is 0. The van der Waals surface area contributed by atoms with Crippen LogP contribution >= 0.6 is 0 Å². The standard InChI is InChI=1S/2C28H29.C2H6Si.2ClH.Zr/c2*1-28(16-6-2-3-7-17-28)20-21-18-23-12-9-15-26(27(23)19-21)25-14-8-11-22-10-4-5-13-24(22)25;1-3-2;;;/h2*4-5,8-15,18-19H,2-3,6-7,16-17,20H2,1H3;1-2H3;2*1H;/q2*-1;;;;+2/p-2. The van der Waals surface area contributed by atoms with Crippen molar-refractivity contribution < 1.29 is 48.1 Å². The summed E-state index contributed by atoms with van der Waals surface area (Å²) >= 11 is 1.74. The molecule has 0 bridgehead atoms. The van der Waals surface area contributed by atoms with Gasteiger partial charge in [0.1, 0.15) is 0 Å². The molecule has 4 heteroatoms. The van der Waals surface area contributed by atoms with Crippen molar-refractivity contribution in [3.63, 3.8) is 0 Å². The maximum Gasteiger partial charge on any atom is -1.00 e. The van der Waals surface area contributed by atoms with Gasteiger partial charge < -0.3 is 24.8 Å². The topological polar surface area (TPSA) is 0 Å². The minimum absolute atomic E-state index is 0. The van der Waals surface area contributed by atoms with E-state index >= 15 is 0 Å². The quantitative estimate of drug-likeness (QED) is 0.0885. The van der Waals surface area contributed by atoms with Crippen LogP contribution in [-0.2, 0) is 36.2 Å². The summed E-state index contributed by atoms with van der Waals surface area (Å²) in [7, 11) is 0. The van der Waals surface area contributed by atoms with E-state index in [1.807, 2.05) is 0 Å². The van der Waals surface area contributed by atoms with E-state index in [0.29, 0.717) is 10.8 Å². The Kier molecular flexibility index (Phi) is 17.2. The molecule has 8 aromatic rings. The van der Waals surface area contributed by atoms with Crippen molar-refractivity contribution >= 4 is 48.5 Å². The van der Waals surface area contributed by atoms with Crippen molar-refractivity contribution in [2.75, 3.05) is 0 Å². The number of rotatable bonds is 6. The molecule has 2 fully saturated rings. The number of halogens is 2. The summed E-state index contributed by atoms with van der Waals surface area (Å²) in [6.07, 6.45) is 19.2. The van der Waals surface area contributed by atoms with Gasteiger partial charge in [-0.05, 0) is 82.0 Å². The number of benzene rings is 6. The fourth-order valence-corrected chi connectivity index (χ4v) is 10.7. The monoisotopic (exact) mass is 948 g/mol. The Bertz CT molecular complexity index is 2500. The van der Waals surface area contributed by atoms with Crippen LogP contribution < -0.4 is 24.8 Å². The van der Waals surface area contributed by atoms with Gasteiger partial charge in [0.2, 0.25) is 0 Å². The smallest absolute Gasteiger partial charge is 1.00 e. The van der Waals surface area contributed by atoms with Crippen LogP contribution in [0.1, 0.15) is 102 Å². The first-order chi connectivity index (χ1) is 29.2. The molecule has 320 valence electrons. The van der Waals surface area contributed by atoms with Gasteiger partial charge in [-0.3, -0.25) is 0 Å². The van der Waals surface area contributed by atoms with Crippen molar-refractivity contribution in [2.45, 2.75) is 117 Å². The van der Waals surface area contributed by atoms with Crippen LogP contribution in [0.5, 0.6) is 0 Å². The summed E-state index contributed by atoms with van der Waals surface area (Å²) in [6, 6.07) is 54.2. The van der Waals surface area contributed by atoms with E-state index in [0.717, 1.165) is 0 Å².